The first-order chi connectivity index (χ1) is 29.3. The molecule has 2 aromatic heterocycles. The molecule has 0 saturated heterocycles. The van der Waals surface area contributed by atoms with Gasteiger partial charge in [-0.1, -0.05) is 158 Å². The second-order valence-corrected chi connectivity index (χ2v) is 16.4. The van der Waals surface area contributed by atoms with Gasteiger partial charge < -0.3 is 9.47 Å². The molecule has 12 rings (SSSR count). The average Bonchev–Trinajstić information content (AvgIpc) is 3.86. The molecular formula is C56H36N2S. The van der Waals surface area contributed by atoms with E-state index in [-0.39, 0.29) is 0 Å². The fraction of sp³-hybridized carbons (Fsp3) is 0. The Labute approximate surface area is 346 Å². The largest absolute Gasteiger partial charge is 0.310 e. The van der Waals surface area contributed by atoms with Crippen LogP contribution in [0.3, 0.4) is 0 Å². The van der Waals surface area contributed by atoms with E-state index in [1.54, 1.807) is 0 Å². The highest BCUT2D eigenvalue weighted by molar-refractivity contribution is 7.25. The van der Waals surface area contributed by atoms with Crippen LogP contribution in [0, 0.1) is 0 Å². The molecule has 0 aliphatic carbocycles. The third kappa shape index (κ3) is 5.47. The maximum atomic E-state index is 2.50. The summed E-state index contributed by atoms with van der Waals surface area (Å²) < 4.78 is 5.04. The molecule has 0 amide bonds. The molecular weight excluding hydrogens is 733 g/mol. The van der Waals surface area contributed by atoms with Crippen molar-refractivity contribution in [2.45, 2.75) is 0 Å². The molecule has 12 aromatic rings. The molecule has 276 valence electrons. The minimum atomic E-state index is 1.12. The highest BCUT2D eigenvalue weighted by Gasteiger charge is 2.20. The van der Waals surface area contributed by atoms with Crippen molar-refractivity contribution in [2.24, 2.45) is 0 Å². The van der Waals surface area contributed by atoms with Crippen molar-refractivity contribution in [3.8, 4) is 27.9 Å². The molecule has 0 aliphatic heterocycles. The highest BCUT2D eigenvalue weighted by atomic mass is 32.1. The third-order valence-electron chi connectivity index (χ3n) is 12.0. The molecule has 0 radical (unpaired) electrons. The van der Waals surface area contributed by atoms with Crippen LogP contribution in [0.1, 0.15) is 0 Å². The topological polar surface area (TPSA) is 8.17 Å². The van der Waals surface area contributed by atoms with Gasteiger partial charge in [0.25, 0.3) is 0 Å². The monoisotopic (exact) mass is 768 g/mol. The van der Waals surface area contributed by atoms with Crippen molar-refractivity contribution in [1.29, 1.82) is 0 Å². The smallest absolute Gasteiger partial charge is 0.0625 e. The second-order valence-electron chi connectivity index (χ2n) is 15.3. The molecule has 0 atom stereocenters. The van der Waals surface area contributed by atoms with E-state index in [1.807, 2.05) is 11.3 Å². The summed E-state index contributed by atoms with van der Waals surface area (Å²) in [5.74, 6) is 0. The summed E-state index contributed by atoms with van der Waals surface area (Å²) in [6.07, 6.45) is 0. The van der Waals surface area contributed by atoms with Gasteiger partial charge in [0.1, 0.15) is 0 Å². The standard InChI is InChI=1S/C56H36N2S/c1-3-13-37(14-4-1)39-23-27-41(28-24-39)57(42-29-25-40(26-30-42)38-15-5-2-6-16-38)44-31-33-47-51-35-43(32-34-53(51)59-54(47)36-44)58-52-22-12-11-21-50(52)55-48-19-9-7-17-45(48)46-18-8-10-20-49(46)56(55)58/h1-36H. The molecule has 0 N–H and O–H groups in total. The summed E-state index contributed by atoms with van der Waals surface area (Å²) in [5.41, 5.74) is 11.8. The van der Waals surface area contributed by atoms with E-state index in [0.29, 0.717) is 0 Å². The van der Waals surface area contributed by atoms with Crippen LogP contribution in [0.15, 0.2) is 218 Å². The van der Waals surface area contributed by atoms with Crippen LogP contribution < -0.4 is 4.90 Å². The molecule has 0 saturated carbocycles. The lowest BCUT2D eigenvalue weighted by Gasteiger charge is -2.26. The van der Waals surface area contributed by atoms with E-state index < -0.39 is 0 Å². The summed E-state index contributed by atoms with van der Waals surface area (Å²) in [6.45, 7) is 0. The Bertz CT molecular complexity index is 3440. The number of benzene rings is 10. The second kappa shape index (κ2) is 13.6. The van der Waals surface area contributed by atoms with Gasteiger partial charge in [0.05, 0.1) is 11.0 Å². The lowest BCUT2D eigenvalue weighted by molar-refractivity contribution is 1.19. The van der Waals surface area contributed by atoms with Crippen LogP contribution in [-0.2, 0) is 0 Å². The number of hydrogen-bond acceptors (Lipinski definition) is 2. The maximum Gasteiger partial charge on any atom is 0.0625 e. The normalized spacial score (nSPS) is 11.7. The summed E-state index contributed by atoms with van der Waals surface area (Å²) in [5, 5.41) is 10.3. The fourth-order valence-corrected chi connectivity index (χ4v) is 10.4. The van der Waals surface area contributed by atoms with E-state index in [2.05, 4.69) is 228 Å². The van der Waals surface area contributed by atoms with Crippen molar-refractivity contribution in [1.82, 2.24) is 4.57 Å². The third-order valence-corrected chi connectivity index (χ3v) is 13.1. The number of hydrogen-bond donors (Lipinski definition) is 0. The molecule has 2 heterocycles. The Morgan fingerprint density at radius 2 is 0.831 bits per heavy atom. The van der Waals surface area contributed by atoms with Crippen LogP contribution in [-0.4, -0.2) is 4.57 Å². The zero-order valence-corrected chi connectivity index (χ0v) is 32.9. The number of rotatable bonds is 6. The van der Waals surface area contributed by atoms with E-state index in [0.717, 1.165) is 17.1 Å². The van der Waals surface area contributed by atoms with Gasteiger partial charge in [-0.05, 0) is 99.1 Å². The zero-order chi connectivity index (χ0) is 38.9. The SMILES string of the molecule is c1ccc(-c2ccc(N(c3ccc(-c4ccccc4)cc3)c3ccc4c(c3)sc3ccc(-n5c6ccccc6c6c7ccccc7c7ccccc7c65)cc34)cc2)cc1. The van der Waals surface area contributed by atoms with Gasteiger partial charge in [-0.3, -0.25) is 0 Å². The van der Waals surface area contributed by atoms with Gasteiger partial charge in [0, 0.05) is 59.1 Å². The van der Waals surface area contributed by atoms with Crippen LogP contribution >= 0.6 is 11.3 Å². The van der Waals surface area contributed by atoms with Gasteiger partial charge in [-0.2, -0.15) is 0 Å². The summed E-state index contributed by atoms with van der Waals surface area (Å²) in [7, 11) is 0. The van der Waals surface area contributed by atoms with Crippen molar-refractivity contribution in [3.05, 3.63) is 218 Å². The summed E-state index contributed by atoms with van der Waals surface area (Å²) in [4.78, 5) is 2.38. The number of fused-ring (bicyclic) bond motifs is 11. The van der Waals surface area contributed by atoms with Crippen molar-refractivity contribution in [3.63, 3.8) is 0 Å². The minimum Gasteiger partial charge on any atom is -0.310 e. The zero-order valence-electron chi connectivity index (χ0n) is 32.1. The Morgan fingerprint density at radius 1 is 0.322 bits per heavy atom. The lowest BCUT2D eigenvalue weighted by Crippen LogP contribution is -2.09. The lowest BCUT2D eigenvalue weighted by atomic mass is 9.97. The van der Waals surface area contributed by atoms with Crippen LogP contribution in [0.5, 0.6) is 0 Å². The Kier molecular flexibility index (Phi) is 7.75. The molecule has 0 aliphatic rings. The maximum absolute atomic E-state index is 2.50. The minimum absolute atomic E-state index is 1.12. The van der Waals surface area contributed by atoms with Crippen LogP contribution in [0.25, 0.3) is 91.5 Å². The fourth-order valence-electron chi connectivity index (χ4n) is 9.24. The van der Waals surface area contributed by atoms with E-state index in [9.17, 15) is 0 Å². The molecule has 0 fully saturated rings. The van der Waals surface area contributed by atoms with Crippen LogP contribution in [0.2, 0.25) is 0 Å². The molecule has 0 bridgehead atoms. The van der Waals surface area contributed by atoms with E-state index >= 15 is 0 Å². The van der Waals surface area contributed by atoms with Gasteiger partial charge >= 0.3 is 0 Å². The number of para-hydroxylation sites is 1. The first-order valence-corrected chi connectivity index (χ1v) is 21.0. The quantitative estimate of drug-likeness (QED) is 0.153. The van der Waals surface area contributed by atoms with Crippen molar-refractivity contribution < 1.29 is 0 Å². The number of aromatic nitrogens is 1. The highest BCUT2D eigenvalue weighted by Crippen LogP contribution is 2.45. The van der Waals surface area contributed by atoms with Crippen molar-refractivity contribution in [2.75, 3.05) is 4.90 Å². The summed E-state index contributed by atoms with van der Waals surface area (Å²) in [6, 6.07) is 79.8. The van der Waals surface area contributed by atoms with Gasteiger partial charge in [-0.15, -0.1) is 11.3 Å². The van der Waals surface area contributed by atoms with E-state index in [1.165, 1.54) is 91.5 Å². The molecule has 3 heteroatoms. The Hall–Kier alpha value is -7.46. The molecule has 59 heavy (non-hydrogen) atoms. The average molecular weight is 769 g/mol. The molecule has 10 aromatic carbocycles. The summed E-state index contributed by atoms with van der Waals surface area (Å²) >= 11 is 1.86. The van der Waals surface area contributed by atoms with Gasteiger partial charge in [0.2, 0.25) is 0 Å². The van der Waals surface area contributed by atoms with Crippen LogP contribution in [0.4, 0.5) is 17.1 Å². The predicted molar refractivity (Wildman–Crippen MR) is 254 cm³/mol. The number of thiophene rings is 1. The predicted octanol–water partition coefficient (Wildman–Crippen LogP) is 16.3. The van der Waals surface area contributed by atoms with Crippen molar-refractivity contribution >= 4 is 91.9 Å². The number of anilines is 3. The first-order valence-electron chi connectivity index (χ1n) is 20.2. The van der Waals surface area contributed by atoms with Gasteiger partial charge in [-0.25, -0.2) is 0 Å². The molecule has 0 unspecified atom stereocenters. The number of nitrogens with zero attached hydrogens (tertiary/aromatic N) is 2. The molecule has 0 spiro atoms. The first kappa shape index (κ1) is 33.7. The Morgan fingerprint density at radius 3 is 1.47 bits per heavy atom. The van der Waals surface area contributed by atoms with Gasteiger partial charge in [0.15, 0.2) is 0 Å². The molecule has 2 nitrogen and oxygen atoms in total. The van der Waals surface area contributed by atoms with E-state index in [4.69, 9.17) is 0 Å². The Balaban J connectivity index is 1.02.